The smallest absolute Gasteiger partial charge is 0.226 e. The summed E-state index contributed by atoms with van der Waals surface area (Å²) in [6, 6.07) is 10.7. The summed E-state index contributed by atoms with van der Waals surface area (Å²) >= 11 is 0. The molecular formula is C22H24N4O. The predicted octanol–water partition coefficient (Wildman–Crippen LogP) is 4.10. The highest BCUT2D eigenvalue weighted by molar-refractivity contribution is 5.83. The van der Waals surface area contributed by atoms with Crippen LogP contribution in [0.25, 0.3) is 0 Å². The normalized spacial score (nSPS) is 26.0. The van der Waals surface area contributed by atoms with Gasteiger partial charge in [0.1, 0.15) is 11.6 Å². The van der Waals surface area contributed by atoms with E-state index >= 15 is 0 Å². The summed E-state index contributed by atoms with van der Waals surface area (Å²) in [6.07, 6.45) is 7.53. The lowest BCUT2D eigenvalue weighted by Crippen LogP contribution is -2.43. The Bertz CT molecular complexity index is 904. The third kappa shape index (κ3) is 2.63. The molecule has 2 aliphatic heterocycles. The Hall–Kier alpha value is -2.43. The number of aromatic nitrogens is 2. The molecule has 6 rings (SSSR count). The van der Waals surface area contributed by atoms with Gasteiger partial charge in [-0.3, -0.25) is 4.79 Å². The average molecular weight is 360 g/mol. The van der Waals surface area contributed by atoms with Crippen molar-refractivity contribution < 1.29 is 4.79 Å². The van der Waals surface area contributed by atoms with Crippen LogP contribution in [0.15, 0.2) is 30.3 Å². The highest BCUT2D eigenvalue weighted by Crippen LogP contribution is 2.49. The highest BCUT2D eigenvalue weighted by atomic mass is 16.2. The molecule has 27 heavy (non-hydrogen) atoms. The minimum absolute atomic E-state index is 0.145. The molecule has 0 unspecified atom stereocenters. The second kappa shape index (κ2) is 5.78. The van der Waals surface area contributed by atoms with Crippen molar-refractivity contribution in [2.75, 3.05) is 5.32 Å². The molecule has 2 atom stereocenters. The van der Waals surface area contributed by atoms with E-state index in [0.29, 0.717) is 17.9 Å². The van der Waals surface area contributed by atoms with Crippen molar-refractivity contribution in [3.63, 3.8) is 0 Å². The molecule has 3 heterocycles. The van der Waals surface area contributed by atoms with Gasteiger partial charge in [-0.05, 0) is 50.7 Å². The topological polar surface area (TPSA) is 58.1 Å². The number of anilines is 2. The van der Waals surface area contributed by atoms with E-state index in [4.69, 9.17) is 9.97 Å². The first-order valence-electron chi connectivity index (χ1n) is 10.3. The van der Waals surface area contributed by atoms with Crippen LogP contribution in [0, 0.1) is 5.92 Å². The van der Waals surface area contributed by atoms with E-state index in [1.165, 1.54) is 24.1 Å². The predicted molar refractivity (Wildman–Crippen MR) is 103 cm³/mol. The molecule has 0 spiro atoms. The maximum atomic E-state index is 13.0. The van der Waals surface area contributed by atoms with Crippen molar-refractivity contribution in [3.05, 3.63) is 47.4 Å². The Kier molecular flexibility index (Phi) is 3.34. The maximum Gasteiger partial charge on any atom is 0.226 e. The van der Waals surface area contributed by atoms with Gasteiger partial charge >= 0.3 is 0 Å². The number of rotatable bonds is 4. The molecule has 1 saturated heterocycles. The summed E-state index contributed by atoms with van der Waals surface area (Å²) < 4.78 is 0. The van der Waals surface area contributed by atoms with Gasteiger partial charge < -0.3 is 10.2 Å². The zero-order chi connectivity index (χ0) is 18.0. The van der Waals surface area contributed by atoms with Gasteiger partial charge in [-0.1, -0.05) is 18.2 Å². The van der Waals surface area contributed by atoms with Crippen molar-refractivity contribution in [1.82, 2.24) is 14.9 Å². The average Bonchev–Trinajstić information content (AvgIpc) is 3.58. The second-order valence-electron chi connectivity index (χ2n) is 8.53. The lowest BCUT2D eigenvalue weighted by atomic mass is 9.97. The molecule has 5 heteroatoms. The summed E-state index contributed by atoms with van der Waals surface area (Å²) in [6.45, 7) is 0. The van der Waals surface area contributed by atoms with E-state index in [-0.39, 0.29) is 12.0 Å². The molecule has 3 fully saturated rings. The number of para-hydroxylation sites is 1. The lowest BCUT2D eigenvalue weighted by molar-refractivity contribution is -0.136. The molecule has 2 aliphatic carbocycles. The Morgan fingerprint density at radius 1 is 1.00 bits per heavy atom. The van der Waals surface area contributed by atoms with Gasteiger partial charge in [-0.25, -0.2) is 9.97 Å². The van der Waals surface area contributed by atoms with Crippen LogP contribution in [-0.2, 0) is 11.2 Å². The van der Waals surface area contributed by atoms with Gasteiger partial charge in [0.2, 0.25) is 5.91 Å². The molecule has 4 aliphatic rings. The number of fused-ring (bicyclic) bond motifs is 4. The molecule has 138 valence electrons. The first-order chi connectivity index (χ1) is 13.3. The molecule has 2 saturated carbocycles. The number of hydrogen-bond donors (Lipinski definition) is 1. The third-order valence-corrected chi connectivity index (χ3v) is 6.47. The van der Waals surface area contributed by atoms with E-state index in [9.17, 15) is 4.79 Å². The number of benzene rings is 1. The van der Waals surface area contributed by atoms with E-state index in [1.807, 2.05) is 18.2 Å². The molecule has 1 N–H and O–H groups in total. The van der Waals surface area contributed by atoms with Gasteiger partial charge in [0.15, 0.2) is 0 Å². The van der Waals surface area contributed by atoms with Crippen LogP contribution in [0.1, 0.15) is 67.6 Å². The SMILES string of the molecule is O=C(C1CC1)N1[C@@H]2CC[C@H]1c1c(nc(C3CC3)nc1Nc1ccccc1)C2. The van der Waals surface area contributed by atoms with Gasteiger partial charge in [0.05, 0.1) is 11.7 Å². The molecular weight excluding hydrogens is 336 g/mol. The zero-order valence-corrected chi connectivity index (χ0v) is 15.4. The Labute approximate surface area is 159 Å². The van der Waals surface area contributed by atoms with Crippen LogP contribution in [0.2, 0.25) is 0 Å². The van der Waals surface area contributed by atoms with Crippen molar-refractivity contribution in [1.29, 1.82) is 0 Å². The molecule has 1 aromatic carbocycles. The largest absolute Gasteiger partial charge is 0.340 e. The Morgan fingerprint density at radius 2 is 1.81 bits per heavy atom. The van der Waals surface area contributed by atoms with Crippen molar-refractivity contribution in [3.8, 4) is 0 Å². The van der Waals surface area contributed by atoms with Crippen LogP contribution < -0.4 is 5.32 Å². The van der Waals surface area contributed by atoms with Crippen LogP contribution in [0.3, 0.4) is 0 Å². The lowest BCUT2D eigenvalue weighted by Gasteiger charge is -2.37. The molecule has 1 aromatic heterocycles. The monoisotopic (exact) mass is 360 g/mol. The van der Waals surface area contributed by atoms with E-state index in [2.05, 4.69) is 22.3 Å². The van der Waals surface area contributed by atoms with Gasteiger partial charge in [0, 0.05) is 35.5 Å². The molecule has 2 bridgehead atoms. The zero-order valence-electron chi connectivity index (χ0n) is 15.4. The number of hydrogen-bond acceptors (Lipinski definition) is 4. The van der Waals surface area contributed by atoms with Crippen LogP contribution in [-0.4, -0.2) is 26.8 Å². The van der Waals surface area contributed by atoms with Crippen LogP contribution in [0.4, 0.5) is 11.5 Å². The van der Waals surface area contributed by atoms with Gasteiger partial charge in [-0.2, -0.15) is 0 Å². The second-order valence-corrected chi connectivity index (χ2v) is 8.53. The third-order valence-electron chi connectivity index (χ3n) is 6.47. The van der Waals surface area contributed by atoms with Gasteiger partial charge in [0.25, 0.3) is 0 Å². The number of carbonyl (C=O) groups is 1. The number of amides is 1. The van der Waals surface area contributed by atoms with E-state index in [0.717, 1.165) is 49.4 Å². The summed E-state index contributed by atoms with van der Waals surface area (Å²) in [5.41, 5.74) is 3.39. The van der Waals surface area contributed by atoms with E-state index < -0.39 is 0 Å². The summed E-state index contributed by atoms with van der Waals surface area (Å²) in [4.78, 5) is 25.1. The number of carbonyl (C=O) groups excluding carboxylic acids is 1. The standard InChI is InChI=1S/C22H24N4O/c27-22(14-8-9-14)26-16-10-11-18(26)19-17(12-16)24-20(13-6-7-13)25-21(19)23-15-4-2-1-3-5-15/h1-5,13-14,16,18H,6-12H2,(H,23,24,25)/t16-,18+/m1/s1. The van der Waals surface area contributed by atoms with Crippen molar-refractivity contribution in [2.45, 2.75) is 62.9 Å². The first kappa shape index (κ1) is 15.6. The maximum absolute atomic E-state index is 13.0. The van der Waals surface area contributed by atoms with Crippen LogP contribution >= 0.6 is 0 Å². The highest BCUT2D eigenvalue weighted by Gasteiger charge is 2.48. The fraction of sp³-hybridized carbons (Fsp3) is 0.500. The Balaban J connectivity index is 1.44. The minimum Gasteiger partial charge on any atom is -0.340 e. The molecule has 1 amide bonds. The van der Waals surface area contributed by atoms with Crippen molar-refractivity contribution >= 4 is 17.4 Å². The summed E-state index contributed by atoms with van der Waals surface area (Å²) in [5, 5.41) is 3.55. The molecule has 0 radical (unpaired) electrons. The Morgan fingerprint density at radius 3 is 2.56 bits per heavy atom. The molecule has 5 nitrogen and oxygen atoms in total. The van der Waals surface area contributed by atoms with Crippen LogP contribution in [0.5, 0.6) is 0 Å². The number of nitrogens with zero attached hydrogens (tertiary/aromatic N) is 3. The summed E-state index contributed by atoms with van der Waals surface area (Å²) in [7, 11) is 0. The fourth-order valence-electron chi connectivity index (χ4n) is 4.78. The summed E-state index contributed by atoms with van der Waals surface area (Å²) in [5.74, 6) is 3.08. The molecule has 2 aromatic rings. The van der Waals surface area contributed by atoms with E-state index in [1.54, 1.807) is 0 Å². The fourth-order valence-corrected chi connectivity index (χ4v) is 4.78. The van der Waals surface area contributed by atoms with Gasteiger partial charge in [-0.15, -0.1) is 0 Å². The quantitative estimate of drug-likeness (QED) is 0.892. The number of nitrogens with one attached hydrogen (secondary N) is 1. The first-order valence-corrected chi connectivity index (χ1v) is 10.3. The minimum atomic E-state index is 0.145. The van der Waals surface area contributed by atoms with Crippen molar-refractivity contribution in [2.24, 2.45) is 5.92 Å².